The van der Waals surface area contributed by atoms with Gasteiger partial charge in [0.2, 0.25) is 5.91 Å². The maximum absolute atomic E-state index is 12.9. The van der Waals surface area contributed by atoms with Crippen molar-refractivity contribution in [2.24, 2.45) is 5.11 Å². The molecule has 1 rings (SSSR count). The van der Waals surface area contributed by atoms with Crippen molar-refractivity contribution in [1.29, 1.82) is 0 Å². The van der Waals surface area contributed by atoms with Crippen LogP contribution in [-0.4, -0.2) is 5.91 Å². The Balaban J connectivity index is 3.10. The number of nitrogens with zero attached hydrogens (tertiary/aromatic N) is 3. The van der Waals surface area contributed by atoms with Gasteiger partial charge < -0.3 is 0 Å². The molecule has 1 aromatic rings. The molecule has 0 radical (unpaired) electrons. The Morgan fingerprint density at radius 1 is 1.62 bits per heavy atom. The van der Waals surface area contributed by atoms with E-state index in [0.29, 0.717) is 5.56 Å². The lowest BCUT2D eigenvalue weighted by molar-refractivity contribution is 0.1000. The number of halogens is 1. The summed E-state index contributed by atoms with van der Waals surface area (Å²) in [6, 6.07) is 3.91. The van der Waals surface area contributed by atoms with E-state index in [0.717, 1.165) is 6.07 Å². The van der Waals surface area contributed by atoms with Gasteiger partial charge in [0, 0.05) is 10.5 Å². The first-order valence-electron chi connectivity index (χ1n) is 3.50. The van der Waals surface area contributed by atoms with Gasteiger partial charge in [-0.1, -0.05) is 12.1 Å². The van der Waals surface area contributed by atoms with Crippen LogP contribution in [0.25, 0.3) is 10.4 Å². The van der Waals surface area contributed by atoms with Crippen LogP contribution in [0.15, 0.2) is 23.3 Å². The molecular weight excluding hydrogens is 173 g/mol. The van der Waals surface area contributed by atoms with E-state index in [1.807, 2.05) is 0 Å². The van der Waals surface area contributed by atoms with E-state index in [9.17, 15) is 9.18 Å². The van der Waals surface area contributed by atoms with Gasteiger partial charge >= 0.3 is 0 Å². The number of carbonyl (C=O) groups excluding carboxylic acids is 1. The van der Waals surface area contributed by atoms with E-state index >= 15 is 0 Å². The number of rotatable bonds is 1. The number of benzene rings is 1. The third kappa shape index (κ3) is 2.04. The fourth-order valence-corrected chi connectivity index (χ4v) is 0.824. The van der Waals surface area contributed by atoms with E-state index in [1.165, 1.54) is 12.1 Å². The molecule has 0 spiro atoms. The monoisotopic (exact) mass is 179 g/mol. The second-order valence-electron chi connectivity index (χ2n) is 2.46. The molecule has 0 N–H and O–H groups in total. The summed E-state index contributed by atoms with van der Waals surface area (Å²) in [5.74, 6) is -1.26. The topological polar surface area (TPSA) is 65.8 Å². The Hall–Kier alpha value is -1.87. The lowest BCUT2D eigenvalue weighted by Gasteiger charge is -1.97. The second kappa shape index (κ2) is 3.69. The van der Waals surface area contributed by atoms with E-state index < -0.39 is 11.7 Å². The fourth-order valence-electron chi connectivity index (χ4n) is 0.824. The van der Waals surface area contributed by atoms with E-state index in [-0.39, 0.29) is 5.56 Å². The summed E-state index contributed by atoms with van der Waals surface area (Å²) in [6.07, 6.45) is 0. The minimum atomic E-state index is -0.776. The van der Waals surface area contributed by atoms with Crippen LogP contribution in [0.5, 0.6) is 0 Å². The number of carbonyl (C=O) groups is 1. The quantitative estimate of drug-likeness (QED) is 0.371. The van der Waals surface area contributed by atoms with Gasteiger partial charge in [0.25, 0.3) is 0 Å². The molecule has 0 heterocycles. The van der Waals surface area contributed by atoms with Gasteiger partial charge in [-0.25, -0.2) is 4.39 Å². The predicted octanol–water partition coefficient (Wildman–Crippen LogP) is 2.58. The molecule has 4 nitrogen and oxygen atoms in total. The van der Waals surface area contributed by atoms with Crippen LogP contribution in [-0.2, 0) is 0 Å². The van der Waals surface area contributed by atoms with Crippen molar-refractivity contribution in [3.63, 3.8) is 0 Å². The zero-order valence-corrected chi connectivity index (χ0v) is 6.86. The predicted molar refractivity (Wildman–Crippen MR) is 44.6 cm³/mol. The molecule has 0 aliphatic heterocycles. The number of hydrogen-bond donors (Lipinski definition) is 0. The third-order valence-electron chi connectivity index (χ3n) is 1.55. The summed E-state index contributed by atoms with van der Waals surface area (Å²) < 4.78 is 12.9. The van der Waals surface area contributed by atoms with E-state index in [1.54, 1.807) is 6.92 Å². The molecule has 66 valence electrons. The number of hydrogen-bond acceptors (Lipinski definition) is 1. The summed E-state index contributed by atoms with van der Waals surface area (Å²) in [5, 5.41) is 2.84. The average molecular weight is 179 g/mol. The maximum Gasteiger partial charge on any atom is 0.249 e. The number of aryl methyl sites for hydroxylation is 1. The first-order valence-corrected chi connectivity index (χ1v) is 3.50. The average Bonchev–Trinajstić information content (AvgIpc) is 2.10. The summed E-state index contributed by atoms with van der Waals surface area (Å²) in [6.45, 7) is 1.58. The summed E-state index contributed by atoms with van der Waals surface area (Å²) in [4.78, 5) is 13.2. The van der Waals surface area contributed by atoms with Crippen molar-refractivity contribution >= 4 is 5.91 Å². The Bertz CT molecular complexity index is 396. The Morgan fingerprint density at radius 2 is 2.31 bits per heavy atom. The molecule has 0 saturated heterocycles. The molecule has 1 amide bonds. The third-order valence-corrected chi connectivity index (χ3v) is 1.55. The highest BCUT2D eigenvalue weighted by Crippen LogP contribution is 2.09. The molecule has 5 heteroatoms. The van der Waals surface area contributed by atoms with Crippen LogP contribution >= 0.6 is 0 Å². The SMILES string of the molecule is Cc1ccc(C(=O)N=[N+]=[N-])cc1F. The number of amides is 1. The van der Waals surface area contributed by atoms with Crippen molar-refractivity contribution in [2.45, 2.75) is 6.92 Å². The van der Waals surface area contributed by atoms with Crippen molar-refractivity contribution < 1.29 is 9.18 Å². The van der Waals surface area contributed by atoms with Gasteiger partial charge in [-0.3, -0.25) is 4.79 Å². The molecule has 1 aromatic carbocycles. The molecule has 0 saturated carbocycles. The largest absolute Gasteiger partial charge is 0.287 e. The smallest absolute Gasteiger partial charge is 0.249 e. The molecule has 0 aliphatic carbocycles. The van der Waals surface area contributed by atoms with Crippen LogP contribution in [0.1, 0.15) is 15.9 Å². The Labute approximate surface area is 73.6 Å². The van der Waals surface area contributed by atoms with Gasteiger partial charge in [0.15, 0.2) is 0 Å². The van der Waals surface area contributed by atoms with E-state index in [4.69, 9.17) is 5.53 Å². The minimum absolute atomic E-state index is 0.0564. The van der Waals surface area contributed by atoms with Crippen molar-refractivity contribution in [2.75, 3.05) is 0 Å². The van der Waals surface area contributed by atoms with Crippen LogP contribution in [0.3, 0.4) is 0 Å². The minimum Gasteiger partial charge on any atom is -0.287 e. The highest BCUT2D eigenvalue weighted by Gasteiger charge is 2.05. The van der Waals surface area contributed by atoms with Crippen molar-refractivity contribution in [3.05, 3.63) is 45.6 Å². The van der Waals surface area contributed by atoms with Crippen LogP contribution < -0.4 is 0 Å². The second-order valence-corrected chi connectivity index (χ2v) is 2.46. The van der Waals surface area contributed by atoms with Gasteiger partial charge in [-0.15, -0.1) is 0 Å². The zero-order chi connectivity index (χ0) is 9.84. The first-order chi connectivity index (χ1) is 6.15. The molecule has 0 fully saturated rings. The maximum atomic E-state index is 12.9. The highest BCUT2D eigenvalue weighted by molar-refractivity contribution is 5.94. The Kier molecular flexibility index (Phi) is 2.62. The summed E-state index contributed by atoms with van der Waals surface area (Å²) in [7, 11) is 0. The van der Waals surface area contributed by atoms with Crippen LogP contribution in [0.2, 0.25) is 0 Å². The fraction of sp³-hybridized carbons (Fsp3) is 0.125. The van der Waals surface area contributed by atoms with Gasteiger partial charge in [-0.2, -0.15) is 0 Å². The lowest BCUT2D eigenvalue weighted by Crippen LogP contribution is -1.95. The van der Waals surface area contributed by atoms with Crippen LogP contribution in [0.4, 0.5) is 4.39 Å². The van der Waals surface area contributed by atoms with Crippen molar-refractivity contribution in [1.82, 2.24) is 0 Å². The molecule has 13 heavy (non-hydrogen) atoms. The van der Waals surface area contributed by atoms with Gasteiger partial charge in [0.1, 0.15) is 5.82 Å². The number of azide groups is 1. The van der Waals surface area contributed by atoms with Crippen LogP contribution in [0, 0.1) is 12.7 Å². The van der Waals surface area contributed by atoms with Gasteiger partial charge in [-0.05, 0) is 29.2 Å². The zero-order valence-electron chi connectivity index (χ0n) is 6.86. The molecule has 0 unspecified atom stereocenters. The molecule has 0 bridgehead atoms. The summed E-state index contributed by atoms with van der Waals surface area (Å²) in [5.41, 5.74) is 8.46. The summed E-state index contributed by atoms with van der Waals surface area (Å²) >= 11 is 0. The molecular formula is C8H6FN3O. The first kappa shape index (κ1) is 9.22. The molecule has 0 aliphatic rings. The highest BCUT2D eigenvalue weighted by atomic mass is 19.1. The van der Waals surface area contributed by atoms with Gasteiger partial charge in [0.05, 0.1) is 0 Å². The molecule has 0 atom stereocenters. The standard InChI is InChI=1S/C8H6FN3O/c1-5-2-3-6(4-7(5)9)8(13)11-12-10/h2-4H,1H3. The molecule has 0 aromatic heterocycles. The lowest BCUT2D eigenvalue weighted by atomic mass is 10.1. The normalized spacial score (nSPS) is 9.08. The van der Waals surface area contributed by atoms with E-state index in [2.05, 4.69) is 10.0 Å². The van der Waals surface area contributed by atoms with Crippen molar-refractivity contribution in [3.8, 4) is 0 Å². The Morgan fingerprint density at radius 3 is 2.85 bits per heavy atom.